The SMILES string of the molecule is CC1N=C(c2ccccc2)c2cc(Cl)ccc2N(CCCS(C)=O)C1=O. The first kappa shape index (κ1) is 18.8. The van der Waals surface area contributed by atoms with Crippen LogP contribution in [0.3, 0.4) is 0 Å². The molecule has 26 heavy (non-hydrogen) atoms. The average molecular weight is 389 g/mol. The fourth-order valence-corrected chi connectivity index (χ4v) is 3.79. The van der Waals surface area contributed by atoms with Crippen LogP contribution in [0.1, 0.15) is 24.5 Å². The second kappa shape index (κ2) is 8.14. The van der Waals surface area contributed by atoms with Gasteiger partial charge in [-0.3, -0.25) is 14.0 Å². The van der Waals surface area contributed by atoms with Gasteiger partial charge in [-0.1, -0.05) is 41.9 Å². The van der Waals surface area contributed by atoms with Gasteiger partial charge in [0.1, 0.15) is 6.04 Å². The number of rotatable bonds is 5. The molecule has 0 aromatic heterocycles. The van der Waals surface area contributed by atoms with Gasteiger partial charge in [0.05, 0.1) is 11.4 Å². The summed E-state index contributed by atoms with van der Waals surface area (Å²) < 4.78 is 11.4. The van der Waals surface area contributed by atoms with Crippen LogP contribution in [-0.4, -0.2) is 40.4 Å². The number of fused-ring (bicyclic) bond motifs is 1. The zero-order chi connectivity index (χ0) is 18.7. The van der Waals surface area contributed by atoms with Crippen LogP contribution < -0.4 is 4.90 Å². The number of carbonyl (C=O) groups is 1. The van der Waals surface area contributed by atoms with Gasteiger partial charge in [-0.15, -0.1) is 0 Å². The lowest BCUT2D eigenvalue weighted by molar-refractivity contribution is -0.119. The number of amides is 1. The Labute approximate surface area is 161 Å². The average Bonchev–Trinajstić information content (AvgIpc) is 2.72. The van der Waals surface area contributed by atoms with Crippen molar-refractivity contribution in [3.63, 3.8) is 0 Å². The van der Waals surface area contributed by atoms with Crippen LogP contribution in [0.15, 0.2) is 53.5 Å². The van der Waals surface area contributed by atoms with Gasteiger partial charge in [0.2, 0.25) is 0 Å². The Kier molecular flexibility index (Phi) is 5.89. The lowest BCUT2D eigenvalue weighted by Crippen LogP contribution is -2.37. The summed E-state index contributed by atoms with van der Waals surface area (Å²) in [5, 5.41) is 0.601. The third-order valence-corrected chi connectivity index (χ3v) is 5.41. The summed E-state index contributed by atoms with van der Waals surface area (Å²) in [6, 6.07) is 14.8. The van der Waals surface area contributed by atoms with E-state index in [0.29, 0.717) is 23.7 Å². The molecule has 4 nitrogen and oxygen atoms in total. The van der Waals surface area contributed by atoms with E-state index in [1.807, 2.05) is 49.4 Å². The lowest BCUT2D eigenvalue weighted by atomic mass is 10.00. The summed E-state index contributed by atoms with van der Waals surface area (Å²) in [7, 11) is -0.880. The Morgan fingerprint density at radius 2 is 1.92 bits per heavy atom. The smallest absolute Gasteiger partial charge is 0.251 e. The molecule has 1 amide bonds. The van der Waals surface area contributed by atoms with E-state index in [1.165, 1.54) is 0 Å². The van der Waals surface area contributed by atoms with E-state index >= 15 is 0 Å². The summed E-state index contributed by atoms with van der Waals surface area (Å²) in [6.45, 7) is 2.32. The molecule has 1 aliphatic heterocycles. The number of benzodiazepines with no additional fused rings is 1. The van der Waals surface area contributed by atoms with Crippen LogP contribution in [0, 0.1) is 0 Å². The number of hydrogen-bond acceptors (Lipinski definition) is 3. The van der Waals surface area contributed by atoms with Crippen molar-refractivity contribution in [1.82, 2.24) is 0 Å². The van der Waals surface area contributed by atoms with Gasteiger partial charge < -0.3 is 4.90 Å². The van der Waals surface area contributed by atoms with Crippen molar-refractivity contribution in [3.05, 3.63) is 64.7 Å². The second-order valence-corrected chi connectivity index (χ2v) is 8.29. The quantitative estimate of drug-likeness (QED) is 0.784. The Morgan fingerprint density at radius 1 is 1.19 bits per heavy atom. The van der Waals surface area contributed by atoms with Crippen molar-refractivity contribution in [2.75, 3.05) is 23.5 Å². The molecule has 0 aliphatic carbocycles. The molecule has 2 unspecified atom stereocenters. The summed E-state index contributed by atoms with van der Waals surface area (Å²) >= 11 is 6.25. The Balaban J connectivity index is 2.08. The highest BCUT2D eigenvalue weighted by Gasteiger charge is 2.29. The van der Waals surface area contributed by atoms with Crippen LogP contribution in [0.2, 0.25) is 5.02 Å². The first-order chi connectivity index (χ1) is 12.5. The van der Waals surface area contributed by atoms with E-state index in [4.69, 9.17) is 16.6 Å². The van der Waals surface area contributed by atoms with Gasteiger partial charge in [0, 0.05) is 45.5 Å². The van der Waals surface area contributed by atoms with Crippen molar-refractivity contribution in [3.8, 4) is 0 Å². The molecule has 2 aromatic rings. The molecule has 136 valence electrons. The topological polar surface area (TPSA) is 49.7 Å². The largest absolute Gasteiger partial charge is 0.310 e. The van der Waals surface area contributed by atoms with Gasteiger partial charge in [-0.05, 0) is 31.5 Å². The van der Waals surface area contributed by atoms with E-state index < -0.39 is 16.8 Å². The third kappa shape index (κ3) is 4.05. The van der Waals surface area contributed by atoms with Crippen LogP contribution >= 0.6 is 11.6 Å². The highest BCUT2D eigenvalue weighted by Crippen LogP contribution is 2.31. The summed E-state index contributed by atoms with van der Waals surface area (Å²) in [5.74, 6) is 0.509. The first-order valence-electron chi connectivity index (χ1n) is 8.52. The molecule has 6 heteroatoms. The molecular weight excluding hydrogens is 368 g/mol. The molecule has 0 saturated heterocycles. The van der Waals surface area contributed by atoms with Crippen LogP contribution in [-0.2, 0) is 15.6 Å². The van der Waals surface area contributed by atoms with Crippen LogP contribution in [0.5, 0.6) is 0 Å². The van der Waals surface area contributed by atoms with Crippen LogP contribution in [0.4, 0.5) is 5.69 Å². The van der Waals surface area contributed by atoms with Crippen molar-refractivity contribution < 1.29 is 9.00 Å². The Hall–Kier alpha value is -1.98. The second-order valence-electron chi connectivity index (χ2n) is 6.30. The predicted octanol–water partition coefficient (Wildman–Crippen LogP) is 3.68. The molecule has 1 heterocycles. The number of benzene rings is 2. The van der Waals surface area contributed by atoms with Crippen LogP contribution in [0.25, 0.3) is 0 Å². The van der Waals surface area contributed by atoms with Crippen molar-refractivity contribution in [2.24, 2.45) is 4.99 Å². The van der Waals surface area contributed by atoms with E-state index in [2.05, 4.69) is 0 Å². The minimum absolute atomic E-state index is 0.0543. The molecule has 1 aliphatic rings. The van der Waals surface area contributed by atoms with Gasteiger partial charge in [0.25, 0.3) is 5.91 Å². The minimum Gasteiger partial charge on any atom is -0.310 e. The number of halogens is 1. The number of hydrogen-bond donors (Lipinski definition) is 0. The van der Waals surface area contributed by atoms with E-state index in [1.54, 1.807) is 17.2 Å². The van der Waals surface area contributed by atoms with E-state index in [9.17, 15) is 9.00 Å². The highest BCUT2D eigenvalue weighted by atomic mass is 35.5. The molecule has 2 atom stereocenters. The standard InChI is InChI=1S/C20H21ClN2O2S/c1-14-20(24)23(11-6-12-26(2)25)18-10-9-16(21)13-17(18)19(22-14)15-7-4-3-5-8-15/h3-5,7-10,13-14H,6,11-12H2,1-2H3. The monoisotopic (exact) mass is 388 g/mol. The molecular formula is C20H21ClN2O2S. The number of carbonyl (C=O) groups excluding carboxylic acids is 1. The molecule has 0 N–H and O–H groups in total. The number of nitrogens with zero attached hydrogens (tertiary/aromatic N) is 2. The maximum atomic E-state index is 13.0. The van der Waals surface area contributed by atoms with Gasteiger partial charge in [-0.25, -0.2) is 0 Å². The molecule has 3 rings (SSSR count). The predicted molar refractivity (Wildman–Crippen MR) is 109 cm³/mol. The minimum atomic E-state index is -0.880. The Morgan fingerprint density at radius 3 is 2.62 bits per heavy atom. The van der Waals surface area contributed by atoms with Gasteiger partial charge >= 0.3 is 0 Å². The third-order valence-electron chi connectivity index (χ3n) is 4.31. The summed E-state index contributed by atoms with van der Waals surface area (Å²) in [5.41, 5.74) is 3.37. The molecule has 0 saturated carbocycles. The van der Waals surface area contributed by atoms with E-state index in [0.717, 1.165) is 22.5 Å². The maximum Gasteiger partial charge on any atom is 0.251 e. The molecule has 2 aromatic carbocycles. The number of aliphatic imine (C=N–C) groups is 1. The van der Waals surface area contributed by atoms with Crippen molar-refractivity contribution >= 4 is 39.7 Å². The number of anilines is 1. The van der Waals surface area contributed by atoms with Gasteiger partial charge in [-0.2, -0.15) is 0 Å². The van der Waals surface area contributed by atoms with Crippen molar-refractivity contribution in [2.45, 2.75) is 19.4 Å². The van der Waals surface area contributed by atoms with Crippen molar-refractivity contribution in [1.29, 1.82) is 0 Å². The Bertz CT molecular complexity index is 867. The maximum absolute atomic E-state index is 13.0. The lowest BCUT2D eigenvalue weighted by Gasteiger charge is -2.24. The fraction of sp³-hybridized carbons (Fsp3) is 0.300. The zero-order valence-corrected chi connectivity index (χ0v) is 16.4. The highest BCUT2D eigenvalue weighted by molar-refractivity contribution is 7.84. The normalized spacial score (nSPS) is 18.1. The molecule has 0 radical (unpaired) electrons. The summed E-state index contributed by atoms with van der Waals surface area (Å²) in [6.07, 6.45) is 2.35. The zero-order valence-electron chi connectivity index (χ0n) is 14.8. The van der Waals surface area contributed by atoms with Gasteiger partial charge in [0.15, 0.2) is 0 Å². The molecule has 0 fully saturated rings. The molecule has 0 bridgehead atoms. The fourth-order valence-electron chi connectivity index (χ4n) is 3.08. The summed E-state index contributed by atoms with van der Waals surface area (Å²) in [4.78, 5) is 19.4. The van der Waals surface area contributed by atoms with E-state index in [-0.39, 0.29) is 5.91 Å². The molecule has 0 spiro atoms. The first-order valence-corrected chi connectivity index (χ1v) is 10.6.